The molecule has 4 heteroatoms. The average Bonchev–Trinajstić information content (AvgIpc) is 3.08. The Bertz CT molecular complexity index is 816. The van der Waals surface area contributed by atoms with Crippen molar-refractivity contribution in [2.75, 3.05) is 0 Å². The monoisotopic (exact) mass is 465 g/mol. The summed E-state index contributed by atoms with van der Waals surface area (Å²) in [6.45, 7) is 2.91. The highest BCUT2D eigenvalue weighted by Crippen LogP contribution is 2.31. The van der Waals surface area contributed by atoms with E-state index in [2.05, 4.69) is 65.2 Å². The van der Waals surface area contributed by atoms with Gasteiger partial charge in [-0.1, -0.05) is 55.3 Å². The van der Waals surface area contributed by atoms with Gasteiger partial charge < -0.3 is 9.73 Å². The van der Waals surface area contributed by atoms with Crippen molar-refractivity contribution in [3.63, 3.8) is 0 Å². The van der Waals surface area contributed by atoms with Gasteiger partial charge in [-0.25, -0.2) is 0 Å². The Morgan fingerprint density at radius 3 is 2.60 bits per heavy atom. The fourth-order valence-electron chi connectivity index (χ4n) is 2.89. The first-order valence-electron chi connectivity index (χ1n) is 8.50. The van der Waals surface area contributed by atoms with Gasteiger partial charge in [-0.05, 0) is 64.9 Å². The van der Waals surface area contributed by atoms with Gasteiger partial charge in [0.05, 0.1) is 11.6 Å². The van der Waals surface area contributed by atoms with E-state index in [0.29, 0.717) is 17.6 Å². The standard InChI is InChI=1S/C21H21ClINO/c1-2-6-20(15-7-4-3-5-8-15)24-14-17-10-12-21(25-17)18-11-9-16(23)13-19(18)22/h3-5,7-13,20,24H,2,6,14H2,1H3. The quantitative estimate of drug-likeness (QED) is 0.387. The molecule has 1 aromatic heterocycles. The topological polar surface area (TPSA) is 25.2 Å². The van der Waals surface area contributed by atoms with Crippen molar-refractivity contribution in [3.05, 3.63) is 80.6 Å². The lowest BCUT2D eigenvalue weighted by Crippen LogP contribution is -2.20. The second-order valence-electron chi connectivity index (χ2n) is 6.02. The molecule has 0 saturated carbocycles. The maximum absolute atomic E-state index is 6.34. The molecule has 1 atom stereocenters. The summed E-state index contributed by atoms with van der Waals surface area (Å²) in [7, 11) is 0. The molecule has 0 bridgehead atoms. The van der Waals surface area contributed by atoms with Crippen molar-refractivity contribution in [2.24, 2.45) is 0 Å². The van der Waals surface area contributed by atoms with Crippen LogP contribution < -0.4 is 5.32 Å². The highest BCUT2D eigenvalue weighted by Gasteiger charge is 2.12. The lowest BCUT2D eigenvalue weighted by molar-refractivity contribution is 0.439. The summed E-state index contributed by atoms with van der Waals surface area (Å²) < 4.78 is 7.12. The molecule has 1 heterocycles. The fourth-order valence-corrected chi connectivity index (χ4v) is 3.84. The zero-order chi connectivity index (χ0) is 17.6. The van der Waals surface area contributed by atoms with E-state index in [1.807, 2.05) is 30.3 Å². The number of halogens is 2. The summed E-state index contributed by atoms with van der Waals surface area (Å²) in [5, 5.41) is 4.33. The first kappa shape index (κ1) is 18.5. The predicted octanol–water partition coefficient (Wildman–Crippen LogP) is 6.84. The highest BCUT2D eigenvalue weighted by atomic mass is 127. The number of rotatable bonds is 7. The van der Waals surface area contributed by atoms with Gasteiger partial charge in [0, 0.05) is 15.2 Å². The molecular formula is C21H21ClINO. The molecule has 0 spiro atoms. The van der Waals surface area contributed by atoms with Crippen molar-refractivity contribution in [1.82, 2.24) is 5.32 Å². The van der Waals surface area contributed by atoms with Crippen LogP contribution in [-0.4, -0.2) is 0 Å². The SMILES string of the molecule is CCCC(NCc1ccc(-c2ccc(I)cc2Cl)o1)c1ccccc1. The Morgan fingerprint density at radius 2 is 1.88 bits per heavy atom. The Kier molecular flexibility index (Phi) is 6.57. The molecule has 130 valence electrons. The Labute approximate surface area is 167 Å². The van der Waals surface area contributed by atoms with Crippen LogP contribution in [-0.2, 0) is 6.54 Å². The van der Waals surface area contributed by atoms with Crippen LogP contribution in [0.3, 0.4) is 0 Å². The number of nitrogens with one attached hydrogen (secondary N) is 1. The van der Waals surface area contributed by atoms with Crippen LogP contribution in [0.2, 0.25) is 5.02 Å². The van der Waals surface area contributed by atoms with Crippen LogP contribution in [0.5, 0.6) is 0 Å². The molecule has 2 aromatic carbocycles. The molecule has 1 unspecified atom stereocenters. The zero-order valence-electron chi connectivity index (χ0n) is 14.1. The van der Waals surface area contributed by atoms with Crippen LogP contribution in [0.25, 0.3) is 11.3 Å². The third-order valence-corrected chi connectivity index (χ3v) is 5.14. The normalized spacial score (nSPS) is 12.3. The van der Waals surface area contributed by atoms with E-state index in [1.165, 1.54) is 5.56 Å². The number of benzene rings is 2. The Balaban J connectivity index is 1.70. The number of furan rings is 1. The highest BCUT2D eigenvalue weighted by molar-refractivity contribution is 14.1. The number of hydrogen-bond acceptors (Lipinski definition) is 2. The van der Waals surface area contributed by atoms with Crippen molar-refractivity contribution >= 4 is 34.2 Å². The predicted molar refractivity (Wildman–Crippen MR) is 113 cm³/mol. The Morgan fingerprint density at radius 1 is 1.08 bits per heavy atom. The molecule has 0 aliphatic carbocycles. The van der Waals surface area contributed by atoms with E-state index in [1.54, 1.807) is 0 Å². The maximum Gasteiger partial charge on any atom is 0.135 e. The molecule has 0 fully saturated rings. The van der Waals surface area contributed by atoms with Gasteiger partial charge in [0.1, 0.15) is 11.5 Å². The smallest absolute Gasteiger partial charge is 0.135 e. The summed E-state index contributed by atoms with van der Waals surface area (Å²) in [5.74, 6) is 1.73. The lowest BCUT2D eigenvalue weighted by Gasteiger charge is -2.18. The van der Waals surface area contributed by atoms with Gasteiger partial charge in [0.2, 0.25) is 0 Å². The third kappa shape index (κ3) is 4.87. The first-order chi connectivity index (χ1) is 12.2. The summed E-state index contributed by atoms with van der Waals surface area (Å²) in [6.07, 6.45) is 2.23. The minimum atomic E-state index is 0.335. The maximum atomic E-state index is 6.34. The van der Waals surface area contributed by atoms with E-state index in [9.17, 15) is 0 Å². The van der Waals surface area contributed by atoms with E-state index in [4.69, 9.17) is 16.0 Å². The fraction of sp³-hybridized carbons (Fsp3) is 0.238. The van der Waals surface area contributed by atoms with Crippen LogP contribution in [0.1, 0.15) is 37.1 Å². The van der Waals surface area contributed by atoms with Gasteiger partial charge in [-0.3, -0.25) is 0 Å². The summed E-state index contributed by atoms with van der Waals surface area (Å²) in [5.41, 5.74) is 2.25. The van der Waals surface area contributed by atoms with Gasteiger partial charge in [-0.15, -0.1) is 0 Å². The van der Waals surface area contributed by atoms with Crippen molar-refractivity contribution < 1.29 is 4.42 Å². The molecule has 1 N–H and O–H groups in total. The minimum absolute atomic E-state index is 0.335. The summed E-state index contributed by atoms with van der Waals surface area (Å²) in [4.78, 5) is 0. The molecule has 25 heavy (non-hydrogen) atoms. The lowest BCUT2D eigenvalue weighted by atomic mass is 10.0. The van der Waals surface area contributed by atoms with Gasteiger partial charge >= 0.3 is 0 Å². The first-order valence-corrected chi connectivity index (χ1v) is 9.95. The van der Waals surface area contributed by atoms with Crippen LogP contribution in [0.15, 0.2) is 65.1 Å². The molecule has 0 saturated heterocycles. The van der Waals surface area contributed by atoms with Crippen LogP contribution in [0, 0.1) is 3.57 Å². The van der Waals surface area contributed by atoms with E-state index in [0.717, 1.165) is 33.5 Å². The second-order valence-corrected chi connectivity index (χ2v) is 7.68. The molecule has 0 aliphatic heterocycles. The molecule has 0 aliphatic rings. The average molecular weight is 466 g/mol. The van der Waals surface area contributed by atoms with Gasteiger partial charge in [0.25, 0.3) is 0 Å². The van der Waals surface area contributed by atoms with Crippen molar-refractivity contribution in [2.45, 2.75) is 32.4 Å². The van der Waals surface area contributed by atoms with Crippen molar-refractivity contribution in [1.29, 1.82) is 0 Å². The third-order valence-electron chi connectivity index (χ3n) is 4.16. The molecule has 2 nitrogen and oxygen atoms in total. The van der Waals surface area contributed by atoms with Crippen LogP contribution >= 0.6 is 34.2 Å². The largest absolute Gasteiger partial charge is 0.460 e. The molecule has 0 amide bonds. The zero-order valence-corrected chi connectivity index (χ0v) is 17.0. The van der Waals surface area contributed by atoms with E-state index < -0.39 is 0 Å². The molecule has 3 aromatic rings. The molecule has 3 rings (SSSR count). The minimum Gasteiger partial charge on any atom is -0.460 e. The van der Waals surface area contributed by atoms with Crippen LogP contribution in [0.4, 0.5) is 0 Å². The van der Waals surface area contributed by atoms with E-state index in [-0.39, 0.29) is 0 Å². The Hall–Kier alpha value is -1.30. The van der Waals surface area contributed by atoms with Gasteiger partial charge in [0.15, 0.2) is 0 Å². The molecule has 0 radical (unpaired) electrons. The van der Waals surface area contributed by atoms with Crippen molar-refractivity contribution in [3.8, 4) is 11.3 Å². The summed E-state index contributed by atoms with van der Waals surface area (Å²) >= 11 is 8.60. The number of hydrogen-bond donors (Lipinski definition) is 1. The molecular weight excluding hydrogens is 445 g/mol. The second kappa shape index (κ2) is 8.88. The van der Waals surface area contributed by atoms with Gasteiger partial charge in [-0.2, -0.15) is 0 Å². The van der Waals surface area contributed by atoms with E-state index >= 15 is 0 Å². The summed E-state index contributed by atoms with van der Waals surface area (Å²) in [6, 6.07) is 20.9.